The highest BCUT2D eigenvalue weighted by atomic mass is 16.3. The standard InChI is InChI=1S/C21H25N3O2/c1-13(2)9-18-16-6-3-7-17-20(16)14(11-22-17)10-19(24-18)21(25)23-12-15-5-4-8-26-15/h3-8,11,13,18-19,22,24H,9-10,12H2,1-2H3,(H,23,25)/t18-,19-/m0/s1. The number of amides is 1. The number of carbonyl (C=O) groups excluding carboxylic acids is 1. The molecular formula is C21H25N3O2. The highest BCUT2D eigenvalue weighted by Gasteiger charge is 2.30. The number of nitrogens with one attached hydrogen (secondary N) is 3. The topological polar surface area (TPSA) is 70.1 Å². The van der Waals surface area contributed by atoms with Crippen LogP contribution in [0.15, 0.2) is 47.2 Å². The van der Waals surface area contributed by atoms with E-state index in [1.54, 1.807) is 6.26 Å². The van der Waals surface area contributed by atoms with E-state index in [4.69, 9.17) is 4.42 Å². The molecule has 0 unspecified atom stereocenters. The minimum Gasteiger partial charge on any atom is -0.467 e. The van der Waals surface area contributed by atoms with Gasteiger partial charge in [-0.2, -0.15) is 0 Å². The van der Waals surface area contributed by atoms with Crippen LogP contribution in [0.3, 0.4) is 0 Å². The summed E-state index contributed by atoms with van der Waals surface area (Å²) in [6, 6.07) is 9.97. The molecule has 4 rings (SSSR count). The Morgan fingerprint density at radius 3 is 2.96 bits per heavy atom. The molecule has 0 spiro atoms. The molecule has 26 heavy (non-hydrogen) atoms. The summed E-state index contributed by atoms with van der Waals surface area (Å²) >= 11 is 0. The first-order valence-electron chi connectivity index (χ1n) is 9.27. The molecule has 5 nitrogen and oxygen atoms in total. The molecule has 0 aliphatic carbocycles. The van der Waals surface area contributed by atoms with E-state index in [9.17, 15) is 4.79 Å². The summed E-state index contributed by atoms with van der Waals surface area (Å²) in [4.78, 5) is 16.2. The Morgan fingerprint density at radius 1 is 1.31 bits per heavy atom. The van der Waals surface area contributed by atoms with Crippen LogP contribution in [0.2, 0.25) is 0 Å². The maximum atomic E-state index is 12.8. The van der Waals surface area contributed by atoms with Gasteiger partial charge in [-0.3, -0.25) is 10.1 Å². The summed E-state index contributed by atoms with van der Waals surface area (Å²) in [5, 5.41) is 7.89. The average molecular weight is 351 g/mol. The van der Waals surface area contributed by atoms with Crippen molar-refractivity contribution in [2.45, 2.75) is 45.3 Å². The quantitative estimate of drug-likeness (QED) is 0.657. The summed E-state index contributed by atoms with van der Waals surface area (Å²) in [6.07, 6.45) is 5.33. The van der Waals surface area contributed by atoms with Crippen LogP contribution in [0, 0.1) is 5.92 Å². The molecule has 1 aromatic carbocycles. The molecule has 5 heteroatoms. The van der Waals surface area contributed by atoms with Crippen molar-refractivity contribution in [1.29, 1.82) is 0 Å². The van der Waals surface area contributed by atoms with Gasteiger partial charge in [-0.25, -0.2) is 0 Å². The Labute approximate surface area is 153 Å². The first kappa shape index (κ1) is 16.9. The molecule has 136 valence electrons. The molecule has 0 saturated heterocycles. The van der Waals surface area contributed by atoms with Gasteiger partial charge in [-0.05, 0) is 48.1 Å². The maximum Gasteiger partial charge on any atom is 0.237 e. The summed E-state index contributed by atoms with van der Waals surface area (Å²) < 4.78 is 5.31. The normalized spacial score (nSPS) is 19.7. The maximum absolute atomic E-state index is 12.8. The largest absolute Gasteiger partial charge is 0.467 e. The Hall–Kier alpha value is -2.53. The minimum absolute atomic E-state index is 0.0114. The van der Waals surface area contributed by atoms with Crippen molar-refractivity contribution in [3.05, 3.63) is 59.7 Å². The predicted octanol–water partition coefficient (Wildman–Crippen LogP) is 3.68. The first-order valence-corrected chi connectivity index (χ1v) is 9.27. The molecule has 3 heterocycles. The van der Waals surface area contributed by atoms with Gasteiger partial charge in [0.15, 0.2) is 0 Å². The van der Waals surface area contributed by atoms with Gasteiger partial charge < -0.3 is 14.7 Å². The number of furan rings is 1. The highest BCUT2D eigenvalue weighted by Crippen LogP contribution is 2.34. The van der Waals surface area contributed by atoms with E-state index in [0.717, 1.165) is 17.7 Å². The van der Waals surface area contributed by atoms with Crippen LogP contribution in [0.1, 0.15) is 43.2 Å². The van der Waals surface area contributed by atoms with E-state index in [0.29, 0.717) is 18.9 Å². The summed E-state index contributed by atoms with van der Waals surface area (Å²) in [6.45, 7) is 4.85. The summed E-state index contributed by atoms with van der Waals surface area (Å²) in [7, 11) is 0. The van der Waals surface area contributed by atoms with Crippen molar-refractivity contribution < 1.29 is 9.21 Å². The molecule has 3 N–H and O–H groups in total. The lowest BCUT2D eigenvalue weighted by atomic mass is 9.94. The van der Waals surface area contributed by atoms with Crippen LogP contribution in [0.5, 0.6) is 0 Å². The third-order valence-electron chi connectivity index (χ3n) is 5.06. The van der Waals surface area contributed by atoms with E-state index in [1.165, 1.54) is 16.5 Å². The van der Waals surface area contributed by atoms with Gasteiger partial charge >= 0.3 is 0 Å². The molecule has 1 aliphatic heterocycles. The number of hydrogen-bond acceptors (Lipinski definition) is 3. The number of H-pyrrole nitrogens is 1. The summed E-state index contributed by atoms with van der Waals surface area (Å²) in [5.74, 6) is 1.31. The number of benzene rings is 1. The van der Waals surface area contributed by atoms with Crippen molar-refractivity contribution in [1.82, 2.24) is 15.6 Å². The van der Waals surface area contributed by atoms with Crippen molar-refractivity contribution in [3.63, 3.8) is 0 Å². The van der Waals surface area contributed by atoms with Crippen LogP contribution in [-0.2, 0) is 17.8 Å². The van der Waals surface area contributed by atoms with Crippen LogP contribution in [-0.4, -0.2) is 16.9 Å². The smallest absolute Gasteiger partial charge is 0.237 e. The molecule has 0 fully saturated rings. The number of hydrogen-bond donors (Lipinski definition) is 3. The number of rotatable bonds is 5. The SMILES string of the molecule is CC(C)C[C@@H]1N[C@H](C(=O)NCc2ccco2)Cc2c[nH]c3cccc1c23. The van der Waals surface area contributed by atoms with Gasteiger partial charge in [0.1, 0.15) is 5.76 Å². The number of aromatic nitrogens is 1. The monoisotopic (exact) mass is 351 g/mol. The number of carbonyl (C=O) groups is 1. The fourth-order valence-electron chi connectivity index (χ4n) is 3.89. The van der Waals surface area contributed by atoms with E-state index in [-0.39, 0.29) is 18.0 Å². The van der Waals surface area contributed by atoms with E-state index in [2.05, 4.69) is 47.7 Å². The van der Waals surface area contributed by atoms with Crippen molar-refractivity contribution in [2.24, 2.45) is 5.92 Å². The Bertz CT molecular complexity index is 895. The zero-order chi connectivity index (χ0) is 18.1. The summed E-state index contributed by atoms with van der Waals surface area (Å²) in [5.41, 5.74) is 3.63. The third kappa shape index (κ3) is 3.27. The molecule has 1 amide bonds. The lowest BCUT2D eigenvalue weighted by Crippen LogP contribution is -2.46. The van der Waals surface area contributed by atoms with E-state index in [1.807, 2.05) is 18.3 Å². The second kappa shape index (κ2) is 7.00. The first-order chi connectivity index (χ1) is 12.6. The second-order valence-electron chi connectivity index (χ2n) is 7.49. The zero-order valence-electron chi connectivity index (χ0n) is 15.2. The second-order valence-corrected chi connectivity index (χ2v) is 7.49. The lowest BCUT2D eigenvalue weighted by Gasteiger charge is -2.25. The van der Waals surface area contributed by atoms with E-state index < -0.39 is 0 Å². The minimum atomic E-state index is -0.264. The molecule has 1 aliphatic rings. The fraction of sp³-hybridized carbons (Fsp3) is 0.381. The Kier molecular flexibility index (Phi) is 4.55. The third-order valence-corrected chi connectivity index (χ3v) is 5.06. The van der Waals surface area contributed by atoms with Gasteiger partial charge in [0.05, 0.1) is 18.8 Å². The lowest BCUT2D eigenvalue weighted by molar-refractivity contribution is -0.123. The van der Waals surface area contributed by atoms with Gasteiger partial charge in [0.25, 0.3) is 0 Å². The van der Waals surface area contributed by atoms with Crippen molar-refractivity contribution in [2.75, 3.05) is 0 Å². The molecule has 2 aromatic heterocycles. The predicted molar refractivity (Wildman–Crippen MR) is 102 cm³/mol. The van der Waals surface area contributed by atoms with Crippen LogP contribution in [0.25, 0.3) is 10.9 Å². The Balaban J connectivity index is 1.60. The van der Waals surface area contributed by atoms with Crippen molar-refractivity contribution in [3.8, 4) is 0 Å². The molecule has 0 radical (unpaired) electrons. The van der Waals surface area contributed by atoms with Gasteiger partial charge in [0.2, 0.25) is 5.91 Å². The average Bonchev–Trinajstić information content (AvgIpc) is 3.24. The van der Waals surface area contributed by atoms with E-state index >= 15 is 0 Å². The molecule has 3 aromatic rings. The van der Waals surface area contributed by atoms with Gasteiger partial charge in [0, 0.05) is 23.1 Å². The van der Waals surface area contributed by atoms with Crippen LogP contribution in [0.4, 0.5) is 0 Å². The van der Waals surface area contributed by atoms with Crippen LogP contribution >= 0.6 is 0 Å². The molecule has 0 saturated carbocycles. The fourth-order valence-corrected chi connectivity index (χ4v) is 3.89. The van der Waals surface area contributed by atoms with Crippen LogP contribution < -0.4 is 10.6 Å². The number of aromatic amines is 1. The van der Waals surface area contributed by atoms with Gasteiger partial charge in [-0.15, -0.1) is 0 Å². The molecule has 2 atom stereocenters. The van der Waals surface area contributed by atoms with Gasteiger partial charge in [-0.1, -0.05) is 26.0 Å². The highest BCUT2D eigenvalue weighted by molar-refractivity contribution is 5.90. The Morgan fingerprint density at radius 2 is 2.19 bits per heavy atom. The zero-order valence-corrected chi connectivity index (χ0v) is 15.2. The molecular weight excluding hydrogens is 326 g/mol. The van der Waals surface area contributed by atoms with Crippen molar-refractivity contribution >= 4 is 16.8 Å². The molecule has 0 bridgehead atoms.